The van der Waals surface area contributed by atoms with E-state index in [1.807, 2.05) is 52.0 Å². The molecule has 0 saturated heterocycles. The summed E-state index contributed by atoms with van der Waals surface area (Å²) in [5, 5.41) is 5.63. The van der Waals surface area contributed by atoms with Gasteiger partial charge in [-0.05, 0) is 33.8 Å². The van der Waals surface area contributed by atoms with Gasteiger partial charge < -0.3 is 15.4 Å². The summed E-state index contributed by atoms with van der Waals surface area (Å²) in [7, 11) is 0. The molecule has 0 amide bonds. The second kappa shape index (κ2) is 10.7. The standard InChI is InChI=1S/C17H26F3N3O.HI/c1-5-21-15(22-11-10-17(18,19)20)23-12-13-8-6-7-9-14(13)24-16(2,3)4;/h6-9H,5,10-12H2,1-4H3,(H2,21,22,23);1H. The number of hydrogen-bond acceptors (Lipinski definition) is 2. The van der Waals surface area contributed by atoms with Crippen LogP contribution in [-0.2, 0) is 6.54 Å². The monoisotopic (exact) mass is 473 g/mol. The first-order valence-corrected chi connectivity index (χ1v) is 7.96. The fraction of sp³-hybridized carbons (Fsp3) is 0.588. The van der Waals surface area contributed by atoms with Crippen molar-refractivity contribution in [2.24, 2.45) is 4.99 Å². The Balaban J connectivity index is 0.00000576. The summed E-state index contributed by atoms with van der Waals surface area (Å²) in [5.41, 5.74) is 0.537. The highest BCUT2D eigenvalue weighted by Crippen LogP contribution is 2.23. The Bertz CT molecular complexity index is 543. The number of aliphatic imine (C=N–C) groups is 1. The van der Waals surface area contributed by atoms with Crippen LogP contribution in [0.5, 0.6) is 5.75 Å². The molecule has 1 rings (SSSR count). The van der Waals surface area contributed by atoms with Crippen molar-refractivity contribution in [3.05, 3.63) is 29.8 Å². The lowest BCUT2D eigenvalue weighted by molar-refractivity contribution is -0.132. The first-order chi connectivity index (χ1) is 11.1. The molecular formula is C17H27F3IN3O. The van der Waals surface area contributed by atoms with Gasteiger partial charge in [0.2, 0.25) is 0 Å². The molecule has 1 aromatic carbocycles. The van der Waals surface area contributed by atoms with Crippen LogP contribution in [-0.4, -0.2) is 30.8 Å². The first-order valence-electron chi connectivity index (χ1n) is 7.96. The first kappa shape index (κ1) is 23.8. The quantitative estimate of drug-likeness (QED) is 0.364. The maximum absolute atomic E-state index is 12.2. The van der Waals surface area contributed by atoms with Gasteiger partial charge in [-0.2, -0.15) is 13.2 Å². The molecule has 0 saturated carbocycles. The molecule has 0 bridgehead atoms. The van der Waals surface area contributed by atoms with Crippen LogP contribution in [0.15, 0.2) is 29.3 Å². The molecule has 25 heavy (non-hydrogen) atoms. The van der Waals surface area contributed by atoms with Crippen molar-refractivity contribution < 1.29 is 17.9 Å². The Morgan fingerprint density at radius 3 is 2.32 bits per heavy atom. The van der Waals surface area contributed by atoms with E-state index >= 15 is 0 Å². The summed E-state index contributed by atoms with van der Waals surface area (Å²) in [6, 6.07) is 7.51. The Morgan fingerprint density at radius 2 is 1.76 bits per heavy atom. The van der Waals surface area contributed by atoms with Gasteiger partial charge >= 0.3 is 6.18 Å². The molecule has 8 heteroatoms. The lowest BCUT2D eigenvalue weighted by Crippen LogP contribution is -2.38. The average molecular weight is 473 g/mol. The van der Waals surface area contributed by atoms with E-state index in [-0.39, 0.29) is 36.1 Å². The van der Waals surface area contributed by atoms with Gasteiger partial charge in [-0.1, -0.05) is 18.2 Å². The molecule has 0 fully saturated rings. The number of alkyl halides is 3. The van der Waals surface area contributed by atoms with Crippen molar-refractivity contribution in [3.8, 4) is 5.75 Å². The largest absolute Gasteiger partial charge is 0.488 e. The Kier molecular flexibility index (Phi) is 10.2. The van der Waals surface area contributed by atoms with Crippen molar-refractivity contribution in [2.75, 3.05) is 13.1 Å². The summed E-state index contributed by atoms with van der Waals surface area (Å²) in [4.78, 5) is 4.34. The maximum Gasteiger partial charge on any atom is 0.390 e. The van der Waals surface area contributed by atoms with Crippen LogP contribution in [0.3, 0.4) is 0 Å². The number of para-hydroxylation sites is 1. The molecule has 0 heterocycles. The molecule has 1 aromatic rings. The Morgan fingerprint density at radius 1 is 1.12 bits per heavy atom. The van der Waals surface area contributed by atoms with Gasteiger partial charge in [-0.15, -0.1) is 24.0 Å². The molecule has 0 aliphatic carbocycles. The van der Waals surface area contributed by atoms with Crippen molar-refractivity contribution in [3.63, 3.8) is 0 Å². The van der Waals surface area contributed by atoms with Crippen LogP contribution in [0, 0.1) is 0 Å². The number of guanidine groups is 1. The second-order valence-electron chi connectivity index (χ2n) is 6.31. The van der Waals surface area contributed by atoms with Crippen molar-refractivity contribution in [1.29, 1.82) is 0 Å². The zero-order valence-corrected chi connectivity index (χ0v) is 17.4. The molecule has 144 valence electrons. The fourth-order valence-corrected chi connectivity index (χ4v) is 1.89. The van der Waals surface area contributed by atoms with Crippen LogP contribution in [0.25, 0.3) is 0 Å². The number of nitrogens with one attached hydrogen (secondary N) is 2. The molecule has 0 spiro atoms. The Labute approximate surface area is 164 Å². The van der Waals surface area contributed by atoms with Crippen LogP contribution >= 0.6 is 24.0 Å². The van der Waals surface area contributed by atoms with E-state index in [1.54, 1.807) is 0 Å². The molecule has 2 N–H and O–H groups in total. The van der Waals surface area contributed by atoms with Crippen LogP contribution < -0.4 is 15.4 Å². The van der Waals surface area contributed by atoms with E-state index in [1.165, 1.54) is 0 Å². The van der Waals surface area contributed by atoms with Crippen molar-refractivity contribution >= 4 is 29.9 Å². The highest BCUT2D eigenvalue weighted by Gasteiger charge is 2.26. The zero-order chi connectivity index (χ0) is 18.2. The minimum Gasteiger partial charge on any atom is -0.488 e. The molecule has 0 radical (unpaired) electrons. The molecular weight excluding hydrogens is 446 g/mol. The average Bonchev–Trinajstić information content (AvgIpc) is 2.43. The van der Waals surface area contributed by atoms with Crippen molar-refractivity contribution in [1.82, 2.24) is 10.6 Å². The highest BCUT2D eigenvalue weighted by atomic mass is 127. The van der Waals surface area contributed by atoms with Gasteiger partial charge in [0.15, 0.2) is 5.96 Å². The number of halogens is 4. The number of hydrogen-bond donors (Lipinski definition) is 2. The van der Waals surface area contributed by atoms with Crippen LogP contribution in [0.4, 0.5) is 13.2 Å². The van der Waals surface area contributed by atoms with E-state index in [0.717, 1.165) is 11.3 Å². The topological polar surface area (TPSA) is 45.7 Å². The molecule has 0 unspecified atom stereocenters. The van der Waals surface area contributed by atoms with Gasteiger partial charge in [0.1, 0.15) is 11.4 Å². The summed E-state index contributed by atoms with van der Waals surface area (Å²) in [6.07, 6.45) is -5.08. The van der Waals surface area contributed by atoms with Gasteiger partial charge in [0, 0.05) is 18.7 Å². The highest BCUT2D eigenvalue weighted by molar-refractivity contribution is 14.0. The molecule has 0 aliphatic rings. The lowest BCUT2D eigenvalue weighted by atomic mass is 10.1. The summed E-state index contributed by atoms with van der Waals surface area (Å²) >= 11 is 0. The van der Waals surface area contributed by atoms with E-state index in [4.69, 9.17) is 4.74 Å². The summed E-state index contributed by atoms with van der Waals surface area (Å²) in [5.74, 6) is 1.08. The third kappa shape index (κ3) is 11.1. The van der Waals surface area contributed by atoms with Gasteiger partial charge in [0.05, 0.1) is 13.0 Å². The van der Waals surface area contributed by atoms with Gasteiger partial charge in [0.25, 0.3) is 0 Å². The zero-order valence-electron chi connectivity index (χ0n) is 15.0. The van der Waals surface area contributed by atoms with Crippen LogP contribution in [0.2, 0.25) is 0 Å². The predicted octanol–water partition coefficient (Wildman–Crippen LogP) is 4.49. The lowest BCUT2D eigenvalue weighted by Gasteiger charge is -2.23. The summed E-state index contributed by atoms with van der Waals surface area (Å²) in [6.45, 7) is 8.39. The van der Waals surface area contributed by atoms with E-state index < -0.39 is 12.6 Å². The van der Waals surface area contributed by atoms with Crippen molar-refractivity contribution in [2.45, 2.75) is 52.4 Å². The third-order valence-corrected chi connectivity index (χ3v) is 2.84. The molecule has 0 atom stereocenters. The number of ether oxygens (including phenoxy) is 1. The van der Waals surface area contributed by atoms with E-state index in [0.29, 0.717) is 19.0 Å². The summed E-state index contributed by atoms with van der Waals surface area (Å²) < 4.78 is 42.6. The Hall–Kier alpha value is -1.19. The number of benzene rings is 1. The van der Waals surface area contributed by atoms with E-state index in [9.17, 15) is 13.2 Å². The van der Waals surface area contributed by atoms with Crippen LogP contribution in [0.1, 0.15) is 39.7 Å². The molecule has 0 aromatic heterocycles. The van der Waals surface area contributed by atoms with E-state index in [2.05, 4.69) is 15.6 Å². The third-order valence-electron chi connectivity index (χ3n) is 2.84. The minimum absolute atomic E-state index is 0. The number of nitrogens with zero attached hydrogens (tertiary/aromatic N) is 1. The smallest absolute Gasteiger partial charge is 0.390 e. The molecule has 0 aliphatic heterocycles. The number of rotatable bonds is 6. The maximum atomic E-state index is 12.2. The normalized spacial score (nSPS) is 12.4. The second-order valence-corrected chi connectivity index (χ2v) is 6.31. The fourth-order valence-electron chi connectivity index (χ4n) is 1.89. The molecule has 4 nitrogen and oxygen atoms in total. The SMILES string of the molecule is CCNC(=NCc1ccccc1OC(C)(C)C)NCCC(F)(F)F.I. The van der Waals surface area contributed by atoms with Gasteiger partial charge in [-0.25, -0.2) is 4.99 Å². The minimum atomic E-state index is -4.18. The predicted molar refractivity (Wildman–Crippen MR) is 106 cm³/mol. The van der Waals surface area contributed by atoms with Gasteiger partial charge in [-0.3, -0.25) is 0 Å².